The molecule has 0 N–H and O–H groups in total. The van der Waals surface area contributed by atoms with Crippen molar-refractivity contribution in [3.8, 4) is 0 Å². The minimum atomic E-state index is 0.702. The monoisotopic (exact) mass is 262 g/mol. The van der Waals surface area contributed by atoms with Gasteiger partial charge in [-0.2, -0.15) is 0 Å². The molecule has 0 saturated heterocycles. The van der Waals surface area contributed by atoms with Gasteiger partial charge in [0.15, 0.2) is 0 Å². The second-order valence-corrected chi connectivity index (χ2v) is 5.93. The van der Waals surface area contributed by atoms with Gasteiger partial charge in [0.25, 0.3) is 0 Å². The first-order valence-electron chi connectivity index (χ1n) is 6.23. The summed E-state index contributed by atoms with van der Waals surface area (Å²) in [6, 6.07) is 0. The Morgan fingerprint density at radius 1 is 0.929 bits per heavy atom. The van der Waals surface area contributed by atoms with Gasteiger partial charge in [-0.15, -0.1) is 0 Å². The van der Waals surface area contributed by atoms with Crippen molar-refractivity contribution in [3.63, 3.8) is 0 Å². The molecule has 0 aliphatic heterocycles. The fourth-order valence-corrected chi connectivity index (χ4v) is 2.15. The number of alkyl halides is 1. The summed E-state index contributed by atoms with van der Waals surface area (Å²) in [5, 5.41) is 0. The topological polar surface area (TPSA) is 0 Å². The lowest BCUT2D eigenvalue weighted by Gasteiger charge is -2.21. The molecule has 2 atom stereocenters. The number of unbranched alkanes of at least 4 members (excludes halogenated alkanes) is 4. The van der Waals surface area contributed by atoms with Gasteiger partial charge in [0.05, 0.1) is 0 Å². The lowest BCUT2D eigenvalue weighted by atomic mass is 9.93. The second-order valence-electron chi connectivity index (χ2n) is 4.87. The van der Waals surface area contributed by atoms with E-state index in [4.69, 9.17) is 0 Å². The second kappa shape index (κ2) is 8.76. The Morgan fingerprint density at radius 2 is 1.50 bits per heavy atom. The van der Waals surface area contributed by atoms with Crippen molar-refractivity contribution in [2.45, 2.75) is 71.0 Å². The fourth-order valence-electron chi connectivity index (χ4n) is 1.89. The van der Waals surface area contributed by atoms with Gasteiger partial charge >= 0.3 is 0 Å². The number of hydrogen-bond acceptors (Lipinski definition) is 0. The summed E-state index contributed by atoms with van der Waals surface area (Å²) < 4.78 is 0. The molecule has 0 heterocycles. The van der Waals surface area contributed by atoms with E-state index in [1.807, 2.05) is 0 Å². The highest BCUT2D eigenvalue weighted by Crippen LogP contribution is 2.25. The Hall–Kier alpha value is 0.480. The predicted octanol–water partition coefficient (Wildman–Crippen LogP) is 5.40. The molecule has 2 unspecified atom stereocenters. The first-order chi connectivity index (χ1) is 6.59. The quantitative estimate of drug-likeness (QED) is 0.406. The third-order valence-electron chi connectivity index (χ3n) is 2.94. The van der Waals surface area contributed by atoms with Crippen molar-refractivity contribution in [2.24, 2.45) is 11.8 Å². The summed E-state index contributed by atoms with van der Waals surface area (Å²) in [4.78, 5) is 0.702. The molecular weight excluding hydrogens is 236 g/mol. The van der Waals surface area contributed by atoms with Gasteiger partial charge < -0.3 is 0 Å². The molecule has 0 bridgehead atoms. The van der Waals surface area contributed by atoms with E-state index in [1.54, 1.807) is 0 Å². The van der Waals surface area contributed by atoms with Crippen LogP contribution in [-0.4, -0.2) is 4.83 Å². The van der Waals surface area contributed by atoms with Crippen LogP contribution in [0.4, 0.5) is 0 Å². The molecule has 14 heavy (non-hydrogen) atoms. The summed E-state index contributed by atoms with van der Waals surface area (Å²) in [5.74, 6) is 1.59. The zero-order chi connectivity index (χ0) is 11.0. The van der Waals surface area contributed by atoms with Crippen LogP contribution in [0.2, 0.25) is 0 Å². The van der Waals surface area contributed by atoms with Gasteiger partial charge in [0, 0.05) is 4.83 Å². The van der Waals surface area contributed by atoms with Crippen molar-refractivity contribution in [2.75, 3.05) is 0 Å². The molecule has 86 valence electrons. The molecule has 1 heteroatoms. The number of halogens is 1. The first-order valence-corrected chi connectivity index (χ1v) is 7.15. The van der Waals surface area contributed by atoms with Crippen LogP contribution in [0.1, 0.15) is 66.2 Å². The molecule has 0 nitrogen and oxygen atoms in total. The van der Waals surface area contributed by atoms with Gasteiger partial charge in [-0.1, -0.05) is 75.7 Å². The molecule has 0 saturated carbocycles. The third-order valence-corrected chi connectivity index (χ3v) is 4.90. The molecule has 0 aromatic rings. The van der Waals surface area contributed by atoms with E-state index in [2.05, 4.69) is 43.6 Å². The Morgan fingerprint density at radius 3 is 2.00 bits per heavy atom. The maximum Gasteiger partial charge on any atom is 0.0194 e. The Kier molecular flexibility index (Phi) is 9.06. The van der Waals surface area contributed by atoms with Crippen LogP contribution in [0.25, 0.3) is 0 Å². The predicted molar refractivity (Wildman–Crippen MR) is 70.1 cm³/mol. The van der Waals surface area contributed by atoms with E-state index in [0.717, 1.165) is 11.8 Å². The van der Waals surface area contributed by atoms with Crippen molar-refractivity contribution in [1.29, 1.82) is 0 Å². The largest absolute Gasteiger partial charge is 0.0885 e. The maximum absolute atomic E-state index is 3.79. The number of hydrogen-bond donors (Lipinski definition) is 0. The van der Waals surface area contributed by atoms with Gasteiger partial charge in [-0.3, -0.25) is 0 Å². The van der Waals surface area contributed by atoms with E-state index in [-0.39, 0.29) is 0 Å². The van der Waals surface area contributed by atoms with Crippen LogP contribution in [0.3, 0.4) is 0 Å². The highest BCUT2D eigenvalue weighted by Gasteiger charge is 2.16. The fraction of sp³-hybridized carbons (Fsp3) is 1.00. The SMILES string of the molecule is CCCCCCCC(C)C(Br)C(C)C. The smallest absolute Gasteiger partial charge is 0.0194 e. The van der Waals surface area contributed by atoms with Gasteiger partial charge in [-0.25, -0.2) is 0 Å². The molecule has 0 spiro atoms. The van der Waals surface area contributed by atoms with Crippen LogP contribution in [0.5, 0.6) is 0 Å². The minimum absolute atomic E-state index is 0.702. The summed E-state index contributed by atoms with van der Waals surface area (Å²) in [5.41, 5.74) is 0. The standard InChI is InChI=1S/C13H27Br/c1-5-6-7-8-9-10-12(4)13(14)11(2)3/h11-13H,5-10H2,1-4H3. The van der Waals surface area contributed by atoms with E-state index in [9.17, 15) is 0 Å². The van der Waals surface area contributed by atoms with E-state index < -0.39 is 0 Å². The third kappa shape index (κ3) is 6.86. The summed E-state index contributed by atoms with van der Waals surface area (Å²) in [6.45, 7) is 9.25. The van der Waals surface area contributed by atoms with Gasteiger partial charge in [0.1, 0.15) is 0 Å². The molecule has 0 aliphatic rings. The Labute approximate surface area is 99.0 Å². The molecule has 0 radical (unpaired) electrons. The van der Waals surface area contributed by atoms with Crippen molar-refractivity contribution in [3.05, 3.63) is 0 Å². The minimum Gasteiger partial charge on any atom is -0.0885 e. The molecule has 0 rings (SSSR count). The number of rotatable bonds is 8. The van der Waals surface area contributed by atoms with Crippen molar-refractivity contribution in [1.82, 2.24) is 0 Å². The molecule has 0 aromatic heterocycles. The lowest BCUT2D eigenvalue weighted by Crippen LogP contribution is -2.17. The lowest BCUT2D eigenvalue weighted by molar-refractivity contribution is 0.417. The van der Waals surface area contributed by atoms with E-state index in [0.29, 0.717) is 4.83 Å². The Balaban J connectivity index is 3.39. The first kappa shape index (κ1) is 14.5. The van der Waals surface area contributed by atoms with Crippen LogP contribution in [-0.2, 0) is 0 Å². The van der Waals surface area contributed by atoms with Gasteiger partial charge in [0.2, 0.25) is 0 Å². The molecule has 0 amide bonds. The normalized spacial score (nSPS) is 15.9. The van der Waals surface area contributed by atoms with Crippen molar-refractivity contribution < 1.29 is 0 Å². The Bertz CT molecular complexity index is 120. The zero-order valence-electron chi connectivity index (χ0n) is 10.4. The highest BCUT2D eigenvalue weighted by molar-refractivity contribution is 9.09. The van der Waals surface area contributed by atoms with E-state index in [1.165, 1.54) is 38.5 Å². The van der Waals surface area contributed by atoms with Crippen molar-refractivity contribution >= 4 is 15.9 Å². The van der Waals surface area contributed by atoms with E-state index >= 15 is 0 Å². The molecule has 0 fully saturated rings. The molecule has 0 aliphatic carbocycles. The average Bonchev–Trinajstić information content (AvgIpc) is 2.16. The average molecular weight is 263 g/mol. The summed E-state index contributed by atoms with van der Waals surface area (Å²) in [7, 11) is 0. The van der Waals surface area contributed by atoms with Crippen LogP contribution >= 0.6 is 15.9 Å². The summed E-state index contributed by atoms with van der Waals surface area (Å²) >= 11 is 3.79. The maximum atomic E-state index is 3.79. The highest BCUT2D eigenvalue weighted by atomic mass is 79.9. The molecular formula is C13H27Br. The van der Waals surface area contributed by atoms with Crippen LogP contribution < -0.4 is 0 Å². The van der Waals surface area contributed by atoms with Crippen LogP contribution in [0, 0.1) is 11.8 Å². The zero-order valence-corrected chi connectivity index (χ0v) is 11.9. The van der Waals surface area contributed by atoms with Gasteiger partial charge in [-0.05, 0) is 18.3 Å². The summed E-state index contributed by atoms with van der Waals surface area (Å²) in [6.07, 6.45) is 8.42. The van der Waals surface area contributed by atoms with Crippen LogP contribution in [0.15, 0.2) is 0 Å². The molecule has 0 aromatic carbocycles.